The van der Waals surface area contributed by atoms with E-state index in [-0.39, 0.29) is 23.7 Å². The molecule has 0 radical (unpaired) electrons. The minimum absolute atomic E-state index is 0.0828. The number of aliphatic hydroxyl groups is 4. The van der Waals surface area contributed by atoms with Gasteiger partial charge in [-0.1, -0.05) is 0 Å². The Hall–Kier alpha value is -1.41. The Morgan fingerprint density at radius 2 is 2.05 bits per heavy atom. The van der Waals surface area contributed by atoms with Crippen molar-refractivity contribution in [1.82, 2.24) is 0 Å². The molecule has 3 atom stereocenters. The summed E-state index contributed by atoms with van der Waals surface area (Å²) in [5, 5.41) is 37.2. The molecular weight excluding hydrogens is 256 g/mol. The highest BCUT2D eigenvalue weighted by molar-refractivity contribution is 5.90. The molecule has 7 heteroatoms. The van der Waals surface area contributed by atoms with E-state index in [1.165, 1.54) is 13.0 Å². The Labute approximate surface area is 110 Å². The minimum Gasteiger partial charge on any atom is -0.463 e. The van der Waals surface area contributed by atoms with E-state index in [2.05, 4.69) is 0 Å². The average molecular weight is 274 g/mol. The molecule has 0 saturated heterocycles. The zero-order valence-electron chi connectivity index (χ0n) is 10.7. The van der Waals surface area contributed by atoms with Gasteiger partial charge in [0.2, 0.25) is 0 Å². The monoisotopic (exact) mass is 274 g/mol. The van der Waals surface area contributed by atoms with E-state index >= 15 is 0 Å². The summed E-state index contributed by atoms with van der Waals surface area (Å²) >= 11 is 0. The highest BCUT2D eigenvalue weighted by Gasteiger charge is 2.29. The predicted octanol–water partition coefficient (Wildman–Crippen LogP) is -0.488. The number of aryl methyl sites for hydroxylation is 1. The van der Waals surface area contributed by atoms with Crippen molar-refractivity contribution in [3.05, 3.63) is 23.2 Å². The van der Waals surface area contributed by atoms with Crippen molar-refractivity contribution in [3.63, 3.8) is 0 Å². The number of ether oxygens (including phenoxy) is 1. The lowest BCUT2D eigenvalue weighted by atomic mass is 10.1. The number of esters is 1. The first kappa shape index (κ1) is 15.6. The molecule has 4 N–H and O–H groups in total. The summed E-state index contributed by atoms with van der Waals surface area (Å²) in [6, 6.07) is 1.24. The Morgan fingerprint density at radius 3 is 2.58 bits per heavy atom. The minimum atomic E-state index is -1.62. The van der Waals surface area contributed by atoms with Crippen LogP contribution in [0.15, 0.2) is 10.5 Å². The van der Waals surface area contributed by atoms with Crippen molar-refractivity contribution < 1.29 is 34.4 Å². The van der Waals surface area contributed by atoms with Crippen LogP contribution in [-0.4, -0.2) is 51.8 Å². The van der Waals surface area contributed by atoms with E-state index in [1.54, 1.807) is 6.92 Å². The van der Waals surface area contributed by atoms with Crippen molar-refractivity contribution in [3.8, 4) is 0 Å². The van der Waals surface area contributed by atoms with Crippen LogP contribution < -0.4 is 0 Å². The maximum absolute atomic E-state index is 11.5. The first-order valence-corrected chi connectivity index (χ1v) is 5.84. The molecular formula is C12H18O7. The fraction of sp³-hybridized carbons (Fsp3) is 0.583. The quantitative estimate of drug-likeness (QED) is 0.517. The van der Waals surface area contributed by atoms with E-state index in [1.807, 2.05) is 0 Å². The average Bonchev–Trinajstić information content (AvgIpc) is 2.78. The summed E-state index contributed by atoms with van der Waals surface area (Å²) in [7, 11) is 0. The lowest BCUT2D eigenvalue weighted by Crippen LogP contribution is -2.34. The molecule has 108 valence electrons. The summed E-state index contributed by atoms with van der Waals surface area (Å²) < 4.78 is 9.95. The van der Waals surface area contributed by atoms with Crippen molar-refractivity contribution in [1.29, 1.82) is 0 Å². The van der Waals surface area contributed by atoms with Crippen LogP contribution in [0, 0.1) is 6.92 Å². The third-order valence-corrected chi connectivity index (χ3v) is 2.63. The van der Waals surface area contributed by atoms with Crippen LogP contribution >= 0.6 is 0 Å². The van der Waals surface area contributed by atoms with Crippen LogP contribution in [0.3, 0.4) is 0 Å². The topological polar surface area (TPSA) is 120 Å². The van der Waals surface area contributed by atoms with E-state index in [0.29, 0.717) is 0 Å². The molecule has 1 aromatic heterocycles. The van der Waals surface area contributed by atoms with E-state index < -0.39 is 30.9 Å². The Balaban J connectivity index is 2.91. The van der Waals surface area contributed by atoms with E-state index in [9.17, 15) is 20.1 Å². The summed E-state index contributed by atoms with van der Waals surface area (Å²) in [4.78, 5) is 11.5. The summed E-state index contributed by atoms with van der Waals surface area (Å²) in [5.41, 5.74) is 0.140. The number of hydrogen-bond acceptors (Lipinski definition) is 7. The lowest BCUT2D eigenvalue weighted by molar-refractivity contribution is -0.0837. The van der Waals surface area contributed by atoms with Gasteiger partial charge in [-0.05, 0) is 19.9 Å². The molecule has 0 aliphatic rings. The van der Waals surface area contributed by atoms with Gasteiger partial charge in [-0.3, -0.25) is 0 Å². The second kappa shape index (κ2) is 6.67. The number of carbonyl (C=O) groups excluding carboxylic acids is 1. The fourth-order valence-corrected chi connectivity index (χ4v) is 1.55. The van der Waals surface area contributed by atoms with Gasteiger partial charge in [-0.15, -0.1) is 0 Å². The van der Waals surface area contributed by atoms with Gasteiger partial charge in [-0.2, -0.15) is 0 Å². The van der Waals surface area contributed by atoms with Gasteiger partial charge in [0.1, 0.15) is 35.4 Å². The Bertz CT molecular complexity index is 426. The Kier molecular flexibility index (Phi) is 5.49. The van der Waals surface area contributed by atoms with Crippen LogP contribution in [0.1, 0.15) is 34.9 Å². The molecule has 0 aromatic carbocycles. The highest BCUT2D eigenvalue weighted by atomic mass is 16.5. The fourth-order valence-electron chi connectivity index (χ4n) is 1.55. The first-order valence-electron chi connectivity index (χ1n) is 5.84. The smallest absolute Gasteiger partial charge is 0.341 e. The van der Waals surface area contributed by atoms with Gasteiger partial charge >= 0.3 is 5.97 Å². The molecule has 0 aliphatic heterocycles. The van der Waals surface area contributed by atoms with Gasteiger partial charge in [0, 0.05) is 0 Å². The third-order valence-electron chi connectivity index (χ3n) is 2.63. The molecule has 0 bridgehead atoms. The van der Waals surface area contributed by atoms with Crippen LogP contribution in [0.4, 0.5) is 0 Å². The predicted molar refractivity (Wildman–Crippen MR) is 63.5 cm³/mol. The first-order chi connectivity index (χ1) is 8.92. The summed E-state index contributed by atoms with van der Waals surface area (Å²) in [6.45, 7) is 2.66. The van der Waals surface area contributed by atoms with Crippen molar-refractivity contribution in [2.24, 2.45) is 0 Å². The molecule has 0 fully saturated rings. The number of furan rings is 1. The van der Waals surface area contributed by atoms with Crippen molar-refractivity contribution in [2.45, 2.75) is 32.2 Å². The van der Waals surface area contributed by atoms with Gasteiger partial charge < -0.3 is 29.6 Å². The molecule has 1 heterocycles. The van der Waals surface area contributed by atoms with Gasteiger partial charge in [0.05, 0.1) is 13.2 Å². The zero-order chi connectivity index (χ0) is 14.6. The summed E-state index contributed by atoms with van der Waals surface area (Å²) in [6.07, 6.45) is -4.68. The Morgan fingerprint density at radius 1 is 1.42 bits per heavy atom. The normalized spacial score (nSPS) is 15.9. The number of aliphatic hydroxyl groups excluding tert-OH is 4. The molecule has 0 spiro atoms. The SMILES string of the molecule is CCOC(=O)c1cc([C@H](O)[C@H](O)[C@H](O)CO)oc1C. The molecule has 1 rings (SSSR count). The van der Waals surface area contributed by atoms with E-state index in [4.69, 9.17) is 14.3 Å². The van der Waals surface area contributed by atoms with Gasteiger partial charge in [-0.25, -0.2) is 4.79 Å². The highest BCUT2D eigenvalue weighted by Crippen LogP contribution is 2.25. The largest absolute Gasteiger partial charge is 0.463 e. The van der Waals surface area contributed by atoms with Crippen LogP contribution in [-0.2, 0) is 4.74 Å². The van der Waals surface area contributed by atoms with Crippen molar-refractivity contribution >= 4 is 5.97 Å². The molecule has 0 unspecified atom stereocenters. The third kappa shape index (κ3) is 3.54. The van der Waals surface area contributed by atoms with E-state index in [0.717, 1.165) is 0 Å². The van der Waals surface area contributed by atoms with Crippen LogP contribution in [0.2, 0.25) is 0 Å². The standard InChI is InChI=1S/C12H18O7/c1-3-18-12(17)7-4-9(19-6(7)2)11(16)10(15)8(14)5-13/h4,8,10-11,13-16H,3,5H2,1-2H3/t8-,10-,11+/m1/s1. The van der Waals surface area contributed by atoms with Crippen molar-refractivity contribution in [2.75, 3.05) is 13.2 Å². The summed E-state index contributed by atoms with van der Waals surface area (Å²) in [5.74, 6) is -0.446. The number of carbonyl (C=O) groups is 1. The van der Waals surface area contributed by atoms with Crippen LogP contribution in [0.25, 0.3) is 0 Å². The van der Waals surface area contributed by atoms with Gasteiger partial charge in [0.25, 0.3) is 0 Å². The molecule has 19 heavy (non-hydrogen) atoms. The molecule has 7 nitrogen and oxygen atoms in total. The maximum Gasteiger partial charge on any atom is 0.341 e. The van der Waals surface area contributed by atoms with Gasteiger partial charge in [0.15, 0.2) is 0 Å². The number of hydrogen-bond donors (Lipinski definition) is 4. The second-order valence-electron chi connectivity index (χ2n) is 4.02. The molecule has 0 saturated carbocycles. The molecule has 0 amide bonds. The molecule has 1 aromatic rings. The second-order valence-corrected chi connectivity index (χ2v) is 4.02. The zero-order valence-corrected chi connectivity index (χ0v) is 10.7. The maximum atomic E-state index is 11.5. The molecule has 0 aliphatic carbocycles. The number of rotatable bonds is 6. The lowest BCUT2D eigenvalue weighted by Gasteiger charge is -2.19. The van der Waals surface area contributed by atoms with Crippen LogP contribution in [0.5, 0.6) is 0 Å².